The maximum absolute atomic E-state index is 14.9. The van der Waals surface area contributed by atoms with Crippen LogP contribution in [0, 0.1) is 5.82 Å². The van der Waals surface area contributed by atoms with Gasteiger partial charge >= 0.3 is 0 Å². The number of nitrogens with one attached hydrogen (secondary N) is 1. The van der Waals surface area contributed by atoms with E-state index in [-0.39, 0.29) is 23.1 Å². The van der Waals surface area contributed by atoms with Gasteiger partial charge in [-0.15, -0.1) is 0 Å². The number of hydrogen-bond donors (Lipinski definition) is 2. The zero-order valence-corrected chi connectivity index (χ0v) is 12.9. The molecule has 3 fully saturated rings. The van der Waals surface area contributed by atoms with Crippen molar-refractivity contribution in [2.75, 3.05) is 13.1 Å². The second-order valence-electron chi connectivity index (χ2n) is 7.29. The average molecular weight is 317 g/mol. The number of carbonyl (C=O) groups excluding carboxylic acids is 1. The predicted molar refractivity (Wildman–Crippen MR) is 80.5 cm³/mol. The molecule has 0 bridgehead atoms. The van der Waals surface area contributed by atoms with E-state index in [4.69, 9.17) is 5.21 Å². The molecule has 1 unspecified atom stereocenters. The van der Waals surface area contributed by atoms with Crippen LogP contribution >= 0.6 is 0 Å². The van der Waals surface area contributed by atoms with Crippen LogP contribution in [0.15, 0.2) is 12.1 Å². The zero-order chi connectivity index (χ0) is 15.8. The molecule has 1 aromatic carbocycles. The fraction of sp³-hybridized carbons (Fsp3) is 0.588. The summed E-state index contributed by atoms with van der Waals surface area (Å²) in [5.74, 6) is -0.975. The highest BCUT2D eigenvalue weighted by atomic mass is 19.1. The van der Waals surface area contributed by atoms with Crippen LogP contribution in [0.25, 0.3) is 0 Å². The molecule has 1 spiro atoms. The molecule has 1 amide bonds. The van der Waals surface area contributed by atoms with Gasteiger partial charge in [-0.25, -0.2) is 9.87 Å². The van der Waals surface area contributed by atoms with Crippen molar-refractivity contribution >= 4 is 5.91 Å². The van der Waals surface area contributed by atoms with Gasteiger partial charge in [-0.2, -0.15) is 0 Å². The van der Waals surface area contributed by atoms with E-state index in [2.05, 4.69) is 9.80 Å². The number of fused-ring (bicyclic) bond motifs is 5. The molecular weight excluding hydrogens is 297 g/mol. The molecular formula is C17H20FN3O2. The summed E-state index contributed by atoms with van der Waals surface area (Å²) in [7, 11) is 0. The highest BCUT2D eigenvalue weighted by Crippen LogP contribution is 2.60. The van der Waals surface area contributed by atoms with E-state index >= 15 is 0 Å². The summed E-state index contributed by atoms with van der Waals surface area (Å²) in [5.41, 5.74) is 3.72. The fourth-order valence-electron chi connectivity index (χ4n) is 5.56. The van der Waals surface area contributed by atoms with Crippen LogP contribution in [0.5, 0.6) is 0 Å². The molecule has 0 radical (unpaired) electrons. The Balaban J connectivity index is 1.62. The Morgan fingerprint density at radius 1 is 1.35 bits per heavy atom. The van der Waals surface area contributed by atoms with Crippen molar-refractivity contribution in [3.8, 4) is 0 Å². The monoisotopic (exact) mass is 317 g/mol. The first-order chi connectivity index (χ1) is 11.2. The van der Waals surface area contributed by atoms with E-state index < -0.39 is 5.91 Å². The van der Waals surface area contributed by atoms with Gasteiger partial charge in [-0.05, 0) is 49.8 Å². The topological polar surface area (TPSA) is 55.8 Å². The molecule has 3 atom stereocenters. The van der Waals surface area contributed by atoms with Crippen LogP contribution in [0.3, 0.4) is 0 Å². The van der Waals surface area contributed by atoms with Gasteiger partial charge in [0.2, 0.25) is 0 Å². The highest BCUT2D eigenvalue weighted by Gasteiger charge is 2.65. The lowest BCUT2D eigenvalue weighted by Crippen LogP contribution is -2.56. The molecule has 1 saturated carbocycles. The maximum Gasteiger partial charge on any atom is 0.274 e. The van der Waals surface area contributed by atoms with Crippen molar-refractivity contribution in [1.29, 1.82) is 0 Å². The van der Waals surface area contributed by atoms with E-state index in [1.54, 1.807) is 11.5 Å². The van der Waals surface area contributed by atoms with Crippen molar-refractivity contribution in [1.82, 2.24) is 15.3 Å². The number of benzene rings is 1. The number of amides is 1. The smallest absolute Gasteiger partial charge is 0.274 e. The minimum Gasteiger partial charge on any atom is -0.288 e. The lowest BCUT2D eigenvalue weighted by Gasteiger charge is -2.47. The third kappa shape index (κ3) is 1.59. The van der Waals surface area contributed by atoms with Gasteiger partial charge in [0.1, 0.15) is 5.82 Å². The Morgan fingerprint density at radius 2 is 2.22 bits per heavy atom. The molecule has 5 rings (SSSR count). The minimum absolute atomic E-state index is 0.0278. The van der Waals surface area contributed by atoms with Crippen LogP contribution in [-0.4, -0.2) is 45.6 Å². The molecule has 4 aliphatic rings. The van der Waals surface area contributed by atoms with Gasteiger partial charge < -0.3 is 0 Å². The Hall–Kier alpha value is -1.50. The second-order valence-corrected chi connectivity index (χ2v) is 7.29. The van der Waals surface area contributed by atoms with E-state index in [9.17, 15) is 9.18 Å². The van der Waals surface area contributed by atoms with Crippen molar-refractivity contribution in [3.05, 3.63) is 34.6 Å². The van der Waals surface area contributed by atoms with Crippen LogP contribution in [-0.2, 0) is 6.42 Å². The van der Waals surface area contributed by atoms with Crippen LogP contribution in [0.4, 0.5) is 4.39 Å². The number of carbonyl (C=O) groups is 1. The standard InChI is InChI=1S/C17H20FN3O2/c18-12-9-11(15(22)19-23)8-10-3-7-20-13-2-5-17(13)4-1-6-21(17)16(20)14(10)12/h8-9,13,16,23H,1-7H2,(H,19,22)/t13-,16?,17+/m0/s1. The summed E-state index contributed by atoms with van der Waals surface area (Å²) < 4.78 is 14.9. The minimum atomic E-state index is -0.654. The molecule has 23 heavy (non-hydrogen) atoms. The highest BCUT2D eigenvalue weighted by molar-refractivity contribution is 5.93. The molecule has 122 valence electrons. The van der Waals surface area contributed by atoms with Gasteiger partial charge in [-0.3, -0.25) is 19.8 Å². The Kier molecular flexibility index (Phi) is 2.73. The summed E-state index contributed by atoms with van der Waals surface area (Å²) >= 11 is 0. The number of rotatable bonds is 1. The van der Waals surface area contributed by atoms with Crippen LogP contribution in [0.2, 0.25) is 0 Å². The summed E-state index contributed by atoms with van der Waals surface area (Å²) in [4.78, 5) is 16.6. The number of hydroxylamine groups is 1. The third-order valence-corrected chi connectivity index (χ3v) is 6.54. The van der Waals surface area contributed by atoms with Gasteiger partial charge in [0, 0.05) is 35.8 Å². The van der Waals surface area contributed by atoms with Gasteiger partial charge in [-0.1, -0.05) is 0 Å². The van der Waals surface area contributed by atoms with Crippen LogP contribution < -0.4 is 5.48 Å². The summed E-state index contributed by atoms with van der Waals surface area (Å²) in [5, 5.41) is 8.79. The average Bonchev–Trinajstić information content (AvgIpc) is 3.05. The van der Waals surface area contributed by atoms with E-state index in [1.807, 2.05) is 0 Å². The van der Waals surface area contributed by atoms with Gasteiger partial charge in [0.25, 0.3) is 5.91 Å². The molecule has 6 heteroatoms. The maximum atomic E-state index is 14.9. The molecule has 5 nitrogen and oxygen atoms in total. The number of nitrogens with zero attached hydrogens (tertiary/aromatic N) is 2. The van der Waals surface area contributed by atoms with E-state index in [1.165, 1.54) is 31.7 Å². The Morgan fingerprint density at radius 3 is 2.96 bits per heavy atom. The molecule has 1 aromatic rings. The van der Waals surface area contributed by atoms with E-state index in [0.29, 0.717) is 6.04 Å². The summed E-state index contributed by atoms with van der Waals surface area (Å²) in [6.45, 7) is 1.96. The van der Waals surface area contributed by atoms with Gasteiger partial charge in [0.05, 0.1) is 6.17 Å². The molecule has 3 heterocycles. The Labute approximate surface area is 134 Å². The number of hydrogen-bond acceptors (Lipinski definition) is 4. The van der Waals surface area contributed by atoms with Crippen molar-refractivity contribution in [2.24, 2.45) is 0 Å². The Bertz CT molecular complexity index is 709. The quantitative estimate of drug-likeness (QED) is 0.613. The number of halogens is 1. The second kappa shape index (κ2) is 4.53. The first-order valence-electron chi connectivity index (χ1n) is 8.45. The largest absolute Gasteiger partial charge is 0.288 e. The third-order valence-electron chi connectivity index (χ3n) is 6.54. The molecule has 3 aliphatic heterocycles. The first kappa shape index (κ1) is 13.9. The lowest BCUT2D eigenvalue weighted by atomic mass is 9.71. The fourth-order valence-corrected chi connectivity index (χ4v) is 5.56. The van der Waals surface area contributed by atoms with Crippen molar-refractivity contribution in [2.45, 2.75) is 49.9 Å². The first-order valence-corrected chi connectivity index (χ1v) is 8.45. The summed E-state index contributed by atoms with van der Waals surface area (Å²) in [6.07, 6.45) is 5.66. The van der Waals surface area contributed by atoms with Crippen LogP contribution in [0.1, 0.15) is 53.3 Å². The van der Waals surface area contributed by atoms with Crippen molar-refractivity contribution < 1.29 is 14.4 Å². The van der Waals surface area contributed by atoms with Crippen molar-refractivity contribution in [3.63, 3.8) is 0 Å². The summed E-state index contributed by atoms with van der Waals surface area (Å²) in [6, 6.07) is 3.57. The predicted octanol–water partition coefficient (Wildman–Crippen LogP) is 1.81. The molecule has 0 aromatic heterocycles. The molecule has 2 N–H and O–H groups in total. The SMILES string of the molecule is O=C(NO)c1cc(F)c2c(c1)CCN1C2N2CCC[C@]23CC[C@H]13. The van der Waals surface area contributed by atoms with E-state index in [0.717, 1.165) is 30.6 Å². The van der Waals surface area contributed by atoms with Gasteiger partial charge in [0.15, 0.2) is 0 Å². The lowest BCUT2D eigenvalue weighted by molar-refractivity contribution is 0.0691. The molecule has 2 saturated heterocycles. The normalized spacial score (nSPS) is 35.0. The zero-order valence-electron chi connectivity index (χ0n) is 12.9. The molecule has 1 aliphatic carbocycles.